The average molecular weight is 273 g/mol. The first-order valence-corrected chi connectivity index (χ1v) is 6.75. The standard InChI is InChI=1S/C13H15N5S/c1-8-5-9(6-14)16-11(15-8)18-12-17-10(7-19-12)13(2,3)4/h5,7H,1-4H3,(H,15,16,17,18). The Balaban J connectivity index is 2.25. The van der Waals surface area contributed by atoms with Crippen molar-refractivity contribution in [2.75, 3.05) is 5.32 Å². The first-order valence-electron chi connectivity index (χ1n) is 5.87. The van der Waals surface area contributed by atoms with Crippen LogP contribution in [0.4, 0.5) is 11.1 Å². The van der Waals surface area contributed by atoms with E-state index in [9.17, 15) is 0 Å². The maximum atomic E-state index is 8.88. The van der Waals surface area contributed by atoms with E-state index in [1.54, 1.807) is 6.07 Å². The summed E-state index contributed by atoms with van der Waals surface area (Å²) in [5.41, 5.74) is 2.14. The molecule has 6 heteroatoms. The molecule has 0 radical (unpaired) electrons. The van der Waals surface area contributed by atoms with Gasteiger partial charge in [0.15, 0.2) is 5.13 Å². The summed E-state index contributed by atoms with van der Waals surface area (Å²) in [5, 5.41) is 14.7. The Morgan fingerprint density at radius 3 is 2.58 bits per heavy atom. The van der Waals surface area contributed by atoms with Gasteiger partial charge in [-0.3, -0.25) is 5.32 Å². The Morgan fingerprint density at radius 2 is 2.00 bits per heavy atom. The summed E-state index contributed by atoms with van der Waals surface area (Å²) >= 11 is 1.51. The monoisotopic (exact) mass is 273 g/mol. The summed E-state index contributed by atoms with van der Waals surface area (Å²) in [6.45, 7) is 8.17. The number of nitriles is 1. The van der Waals surface area contributed by atoms with Crippen LogP contribution in [0.25, 0.3) is 0 Å². The zero-order chi connectivity index (χ0) is 14.0. The molecule has 2 aromatic heterocycles. The Bertz CT molecular complexity index is 633. The predicted molar refractivity (Wildman–Crippen MR) is 75.6 cm³/mol. The van der Waals surface area contributed by atoms with Crippen LogP contribution in [0.15, 0.2) is 11.4 Å². The fourth-order valence-electron chi connectivity index (χ4n) is 1.45. The van der Waals surface area contributed by atoms with Crippen molar-refractivity contribution in [2.24, 2.45) is 0 Å². The number of thiazole rings is 1. The number of hydrogen-bond acceptors (Lipinski definition) is 6. The number of rotatable bonds is 2. The number of hydrogen-bond donors (Lipinski definition) is 1. The SMILES string of the molecule is Cc1cc(C#N)nc(Nc2nc(C(C)(C)C)cs2)n1. The maximum Gasteiger partial charge on any atom is 0.230 e. The van der Waals surface area contributed by atoms with Crippen LogP contribution in [0.5, 0.6) is 0 Å². The lowest BCUT2D eigenvalue weighted by Gasteiger charge is -2.14. The van der Waals surface area contributed by atoms with E-state index >= 15 is 0 Å². The summed E-state index contributed by atoms with van der Waals surface area (Å²) in [7, 11) is 0. The first kappa shape index (κ1) is 13.4. The fourth-order valence-corrected chi connectivity index (χ4v) is 2.38. The highest BCUT2D eigenvalue weighted by molar-refractivity contribution is 7.13. The summed E-state index contributed by atoms with van der Waals surface area (Å²) in [6.07, 6.45) is 0. The Labute approximate surface area is 116 Å². The molecule has 0 saturated carbocycles. The predicted octanol–water partition coefficient (Wildman–Crippen LogP) is 3.15. The Hall–Kier alpha value is -2.00. The minimum atomic E-state index is 0.0156. The second-order valence-corrected chi connectivity index (χ2v) is 6.10. The molecule has 0 amide bonds. The molecule has 5 nitrogen and oxygen atoms in total. The number of nitrogens with one attached hydrogen (secondary N) is 1. The molecular weight excluding hydrogens is 258 g/mol. The number of nitrogens with zero attached hydrogens (tertiary/aromatic N) is 4. The third kappa shape index (κ3) is 3.26. The van der Waals surface area contributed by atoms with Crippen molar-refractivity contribution in [1.82, 2.24) is 15.0 Å². The molecule has 0 fully saturated rings. The third-order valence-corrected chi connectivity index (χ3v) is 3.22. The van der Waals surface area contributed by atoms with Crippen LogP contribution in [0.3, 0.4) is 0 Å². The van der Waals surface area contributed by atoms with Gasteiger partial charge in [-0.25, -0.2) is 15.0 Å². The molecule has 0 saturated heterocycles. The molecule has 0 spiro atoms. The summed E-state index contributed by atoms with van der Waals surface area (Å²) in [4.78, 5) is 12.9. The molecule has 0 aliphatic carbocycles. The van der Waals surface area contributed by atoms with Crippen molar-refractivity contribution >= 4 is 22.4 Å². The van der Waals surface area contributed by atoms with E-state index in [0.717, 1.165) is 16.5 Å². The second kappa shape index (κ2) is 4.94. The largest absolute Gasteiger partial charge is 0.300 e. The lowest BCUT2D eigenvalue weighted by molar-refractivity contribution is 0.573. The van der Waals surface area contributed by atoms with Gasteiger partial charge < -0.3 is 0 Å². The van der Waals surface area contributed by atoms with Gasteiger partial charge in [-0.1, -0.05) is 20.8 Å². The van der Waals surface area contributed by atoms with E-state index in [1.165, 1.54) is 11.3 Å². The molecule has 2 heterocycles. The lowest BCUT2D eigenvalue weighted by atomic mass is 9.93. The van der Waals surface area contributed by atoms with Gasteiger partial charge in [-0.2, -0.15) is 5.26 Å². The molecule has 19 heavy (non-hydrogen) atoms. The zero-order valence-electron chi connectivity index (χ0n) is 11.4. The van der Waals surface area contributed by atoms with Crippen molar-refractivity contribution in [3.05, 3.63) is 28.5 Å². The molecule has 2 rings (SSSR count). The van der Waals surface area contributed by atoms with Gasteiger partial charge in [0.2, 0.25) is 5.95 Å². The Morgan fingerprint density at radius 1 is 1.26 bits per heavy atom. The summed E-state index contributed by atoms with van der Waals surface area (Å²) in [6, 6.07) is 3.66. The van der Waals surface area contributed by atoms with E-state index in [4.69, 9.17) is 5.26 Å². The molecular formula is C13H15N5S. The van der Waals surface area contributed by atoms with Crippen LogP contribution >= 0.6 is 11.3 Å². The van der Waals surface area contributed by atoms with E-state index in [2.05, 4.69) is 41.0 Å². The summed E-state index contributed by atoms with van der Waals surface area (Å²) in [5.74, 6) is 0.409. The number of aryl methyl sites for hydroxylation is 1. The van der Waals surface area contributed by atoms with Gasteiger partial charge in [0.05, 0.1) is 5.69 Å². The van der Waals surface area contributed by atoms with Gasteiger partial charge in [0, 0.05) is 16.5 Å². The highest BCUT2D eigenvalue weighted by Crippen LogP contribution is 2.27. The number of aromatic nitrogens is 3. The summed E-state index contributed by atoms with van der Waals surface area (Å²) < 4.78 is 0. The molecule has 0 aliphatic rings. The third-order valence-electron chi connectivity index (χ3n) is 2.46. The molecule has 0 aliphatic heterocycles. The smallest absolute Gasteiger partial charge is 0.230 e. The van der Waals surface area contributed by atoms with Crippen LogP contribution < -0.4 is 5.32 Å². The van der Waals surface area contributed by atoms with E-state index in [-0.39, 0.29) is 5.41 Å². The highest BCUT2D eigenvalue weighted by atomic mass is 32.1. The molecule has 1 N–H and O–H groups in total. The molecule has 2 aromatic rings. The van der Waals surface area contributed by atoms with Crippen LogP contribution in [0.1, 0.15) is 37.9 Å². The van der Waals surface area contributed by atoms with Crippen molar-refractivity contribution in [3.63, 3.8) is 0 Å². The van der Waals surface area contributed by atoms with E-state index < -0.39 is 0 Å². The van der Waals surface area contributed by atoms with E-state index in [1.807, 2.05) is 18.4 Å². The van der Waals surface area contributed by atoms with Gasteiger partial charge in [0.25, 0.3) is 0 Å². The topological polar surface area (TPSA) is 74.5 Å². The molecule has 0 atom stereocenters. The molecule has 98 valence electrons. The highest BCUT2D eigenvalue weighted by Gasteiger charge is 2.17. The second-order valence-electron chi connectivity index (χ2n) is 5.24. The van der Waals surface area contributed by atoms with Gasteiger partial charge >= 0.3 is 0 Å². The van der Waals surface area contributed by atoms with Crippen molar-refractivity contribution in [1.29, 1.82) is 5.26 Å². The normalized spacial score (nSPS) is 11.1. The number of anilines is 2. The van der Waals surface area contributed by atoms with Crippen LogP contribution in [-0.2, 0) is 5.41 Å². The minimum Gasteiger partial charge on any atom is -0.300 e. The Kier molecular flexibility index (Phi) is 3.49. The first-order chi connectivity index (χ1) is 8.88. The molecule has 0 unspecified atom stereocenters. The van der Waals surface area contributed by atoms with Crippen LogP contribution in [-0.4, -0.2) is 15.0 Å². The quantitative estimate of drug-likeness (QED) is 0.909. The van der Waals surface area contributed by atoms with Gasteiger partial charge in [0.1, 0.15) is 11.8 Å². The molecule has 0 aromatic carbocycles. The lowest BCUT2D eigenvalue weighted by Crippen LogP contribution is -2.11. The zero-order valence-corrected chi connectivity index (χ0v) is 12.2. The van der Waals surface area contributed by atoms with E-state index in [0.29, 0.717) is 11.6 Å². The van der Waals surface area contributed by atoms with Gasteiger partial charge in [-0.05, 0) is 13.0 Å². The van der Waals surface area contributed by atoms with Crippen LogP contribution in [0.2, 0.25) is 0 Å². The fraction of sp³-hybridized carbons (Fsp3) is 0.385. The van der Waals surface area contributed by atoms with Gasteiger partial charge in [-0.15, -0.1) is 11.3 Å². The van der Waals surface area contributed by atoms with Crippen LogP contribution in [0, 0.1) is 18.3 Å². The van der Waals surface area contributed by atoms with Crippen molar-refractivity contribution in [2.45, 2.75) is 33.1 Å². The molecule has 0 bridgehead atoms. The minimum absolute atomic E-state index is 0.0156. The van der Waals surface area contributed by atoms with Crippen molar-refractivity contribution < 1.29 is 0 Å². The maximum absolute atomic E-state index is 8.88. The average Bonchev–Trinajstić information content (AvgIpc) is 2.76. The van der Waals surface area contributed by atoms with Crippen molar-refractivity contribution in [3.8, 4) is 6.07 Å².